The number of carbonyl (C=O) groups is 1. The van der Waals surface area contributed by atoms with E-state index in [1.807, 2.05) is 31.2 Å². The van der Waals surface area contributed by atoms with Crippen LogP contribution < -0.4 is 5.32 Å². The number of rotatable bonds is 2. The zero-order valence-electron chi connectivity index (χ0n) is 12.0. The molecule has 4 nitrogen and oxygen atoms in total. The average molecular weight is 324 g/mol. The van der Waals surface area contributed by atoms with Crippen molar-refractivity contribution in [1.29, 1.82) is 0 Å². The summed E-state index contributed by atoms with van der Waals surface area (Å²) in [6.45, 7) is 3.96. The molecular weight excluding hydrogens is 306 g/mol. The van der Waals surface area contributed by atoms with Crippen LogP contribution in [0.5, 0.6) is 0 Å². The molecule has 1 N–H and O–H groups in total. The summed E-state index contributed by atoms with van der Waals surface area (Å²) >= 11 is 1.58. The van der Waals surface area contributed by atoms with E-state index < -0.39 is 0 Å². The minimum Gasteiger partial charge on any atom is -0.301 e. The number of likely N-dealkylation sites (N-methyl/N-ethyl adjacent to an activating group) is 1. The van der Waals surface area contributed by atoms with Crippen molar-refractivity contribution >= 4 is 34.8 Å². The third kappa shape index (κ3) is 3.61. The lowest BCUT2D eigenvalue weighted by Crippen LogP contribution is -2.25. The molecule has 0 saturated heterocycles. The predicted molar refractivity (Wildman–Crippen MR) is 88.5 cm³/mol. The van der Waals surface area contributed by atoms with Crippen LogP contribution in [0.2, 0.25) is 0 Å². The van der Waals surface area contributed by atoms with Gasteiger partial charge in [-0.25, -0.2) is 4.98 Å². The molecule has 0 aliphatic carbocycles. The first-order valence-corrected chi connectivity index (χ1v) is 7.48. The maximum Gasteiger partial charge on any atom is 0.257 e. The first-order chi connectivity index (χ1) is 9.61. The van der Waals surface area contributed by atoms with E-state index in [2.05, 4.69) is 22.2 Å². The van der Waals surface area contributed by atoms with Crippen LogP contribution in [0.1, 0.15) is 26.5 Å². The van der Waals surface area contributed by atoms with Crippen molar-refractivity contribution in [3.05, 3.63) is 46.0 Å². The second-order valence-corrected chi connectivity index (χ2v) is 6.28. The maximum absolute atomic E-state index is 12.1. The molecule has 1 amide bonds. The topological polar surface area (TPSA) is 45.2 Å². The number of hydrogen-bond acceptors (Lipinski definition) is 4. The molecule has 6 heteroatoms. The first kappa shape index (κ1) is 15.9. The number of thiazole rings is 1. The van der Waals surface area contributed by atoms with Crippen molar-refractivity contribution in [2.45, 2.75) is 19.9 Å². The molecule has 2 heterocycles. The van der Waals surface area contributed by atoms with Crippen molar-refractivity contribution in [2.75, 3.05) is 18.9 Å². The van der Waals surface area contributed by atoms with Crippen LogP contribution in [0.25, 0.3) is 0 Å². The van der Waals surface area contributed by atoms with Crippen molar-refractivity contribution in [3.63, 3.8) is 0 Å². The van der Waals surface area contributed by atoms with E-state index in [4.69, 9.17) is 0 Å². The highest BCUT2D eigenvalue weighted by Crippen LogP contribution is 2.27. The summed E-state index contributed by atoms with van der Waals surface area (Å²) in [4.78, 5) is 20.2. The van der Waals surface area contributed by atoms with E-state index in [1.54, 1.807) is 11.3 Å². The van der Waals surface area contributed by atoms with Gasteiger partial charge in [0.15, 0.2) is 5.13 Å². The molecule has 1 aromatic carbocycles. The largest absolute Gasteiger partial charge is 0.301 e. The second kappa shape index (κ2) is 6.56. The standard InChI is InChI=1S/C15H17N3OS.ClH/c1-10-3-5-11(6-4-10)14(19)17-15-16-12-7-8-18(2)9-13(12)20-15;/h3-6H,7-9H2,1-2H3,(H,16,17,19);1H. The van der Waals surface area contributed by atoms with Crippen LogP contribution in [0.3, 0.4) is 0 Å². The van der Waals surface area contributed by atoms with Gasteiger partial charge in [-0.3, -0.25) is 10.1 Å². The second-order valence-electron chi connectivity index (χ2n) is 5.20. The summed E-state index contributed by atoms with van der Waals surface area (Å²) < 4.78 is 0. The fourth-order valence-corrected chi connectivity index (χ4v) is 3.33. The van der Waals surface area contributed by atoms with Gasteiger partial charge in [0.25, 0.3) is 5.91 Å². The van der Waals surface area contributed by atoms with Gasteiger partial charge in [0.05, 0.1) is 5.69 Å². The molecule has 0 atom stereocenters. The highest BCUT2D eigenvalue weighted by atomic mass is 35.5. The normalized spacial score (nSPS) is 14.2. The van der Waals surface area contributed by atoms with Crippen LogP contribution >= 0.6 is 23.7 Å². The van der Waals surface area contributed by atoms with E-state index in [1.165, 1.54) is 4.88 Å². The highest BCUT2D eigenvalue weighted by Gasteiger charge is 2.19. The van der Waals surface area contributed by atoms with Gasteiger partial charge >= 0.3 is 0 Å². The smallest absolute Gasteiger partial charge is 0.257 e. The third-order valence-electron chi connectivity index (χ3n) is 3.46. The van der Waals surface area contributed by atoms with E-state index in [0.717, 1.165) is 30.8 Å². The van der Waals surface area contributed by atoms with Crippen LogP contribution in [-0.4, -0.2) is 29.4 Å². The number of nitrogens with zero attached hydrogens (tertiary/aromatic N) is 2. The van der Waals surface area contributed by atoms with Gasteiger partial charge in [0.2, 0.25) is 0 Å². The van der Waals surface area contributed by atoms with Gasteiger partial charge in [0.1, 0.15) is 0 Å². The van der Waals surface area contributed by atoms with E-state index >= 15 is 0 Å². The molecule has 0 fully saturated rings. The summed E-state index contributed by atoms with van der Waals surface area (Å²) in [5.41, 5.74) is 2.95. The van der Waals surface area contributed by atoms with Gasteiger partial charge in [-0.1, -0.05) is 17.7 Å². The molecule has 112 valence electrons. The van der Waals surface area contributed by atoms with Gasteiger partial charge in [0, 0.05) is 30.0 Å². The number of nitrogens with one attached hydrogen (secondary N) is 1. The molecule has 2 aromatic rings. The Kier molecular flexibility index (Phi) is 4.98. The zero-order chi connectivity index (χ0) is 14.1. The number of amides is 1. The number of benzene rings is 1. The summed E-state index contributed by atoms with van der Waals surface area (Å²) in [6, 6.07) is 7.56. The minimum absolute atomic E-state index is 0. The number of hydrogen-bond donors (Lipinski definition) is 1. The molecule has 21 heavy (non-hydrogen) atoms. The van der Waals surface area contributed by atoms with Gasteiger partial charge in [-0.2, -0.15) is 0 Å². The molecule has 0 unspecified atom stereocenters. The number of fused-ring (bicyclic) bond motifs is 1. The zero-order valence-corrected chi connectivity index (χ0v) is 13.7. The molecule has 0 bridgehead atoms. The number of carbonyl (C=O) groups excluding carboxylic acids is 1. The summed E-state index contributed by atoms with van der Waals surface area (Å²) in [6.07, 6.45) is 0.961. The fraction of sp³-hybridized carbons (Fsp3) is 0.333. The third-order valence-corrected chi connectivity index (χ3v) is 4.45. The minimum atomic E-state index is -0.0931. The van der Waals surface area contributed by atoms with E-state index in [0.29, 0.717) is 10.7 Å². The summed E-state index contributed by atoms with van der Waals surface area (Å²) in [5, 5.41) is 3.60. The molecule has 0 saturated carbocycles. The molecule has 1 aromatic heterocycles. The monoisotopic (exact) mass is 323 g/mol. The fourth-order valence-electron chi connectivity index (χ4n) is 2.25. The van der Waals surface area contributed by atoms with Crippen molar-refractivity contribution in [2.24, 2.45) is 0 Å². The Balaban J connectivity index is 0.00000161. The lowest BCUT2D eigenvalue weighted by Gasteiger charge is -2.20. The lowest BCUT2D eigenvalue weighted by atomic mass is 10.1. The number of halogens is 1. The Morgan fingerprint density at radius 2 is 2.05 bits per heavy atom. The van der Waals surface area contributed by atoms with Crippen LogP contribution in [0.4, 0.5) is 5.13 Å². The summed E-state index contributed by atoms with van der Waals surface area (Å²) in [7, 11) is 2.10. The lowest BCUT2D eigenvalue weighted by molar-refractivity contribution is 0.102. The number of aryl methyl sites for hydroxylation is 1. The molecule has 3 rings (SSSR count). The summed E-state index contributed by atoms with van der Waals surface area (Å²) in [5.74, 6) is -0.0931. The number of aromatic nitrogens is 1. The van der Waals surface area contributed by atoms with E-state index in [9.17, 15) is 4.79 Å². The van der Waals surface area contributed by atoms with Crippen molar-refractivity contribution < 1.29 is 4.79 Å². The van der Waals surface area contributed by atoms with Crippen LogP contribution in [0, 0.1) is 6.92 Å². The molecule has 0 spiro atoms. The van der Waals surface area contributed by atoms with Crippen LogP contribution in [0.15, 0.2) is 24.3 Å². The Labute approximate surface area is 134 Å². The Hall–Kier alpha value is -1.43. The molecule has 1 aliphatic rings. The first-order valence-electron chi connectivity index (χ1n) is 6.67. The van der Waals surface area contributed by atoms with Crippen molar-refractivity contribution in [3.8, 4) is 0 Å². The Bertz CT molecular complexity index is 639. The molecule has 0 radical (unpaired) electrons. The SMILES string of the molecule is Cc1ccc(C(=O)Nc2nc3c(s2)CN(C)CC3)cc1.Cl. The predicted octanol–water partition coefficient (Wildman–Crippen LogP) is 3.11. The average Bonchev–Trinajstić information content (AvgIpc) is 2.80. The molecule has 1 aliphatic heterocycles. The highest BCUT2D eigenvalue weighted by molar-refractivity contribution is 7.15. The Morgan fingerprint density at radius 3 is 2.76 bits per heavy atom. The van der Waals surface area contributed by atoms with Gasteiger partial charge in [-0.15, -0.1) is 23.7 Å². The quantitative estimate of drug-likeness (QED) is 0.923. The van der Waals surface area contributed by atoms with Crippen LogP contribution in [-0.2, 0) is 13.0 Å². The van der Waals surface area contributed by atoms with Crippen molar-refractivity contribution in [1.82, 2.24) is 9.88 Å². The van der Waals surface area contributed by atoms with Gasteiger partial charge < -0.3 is 4.90 Å². The number of anilines is 1. The maximum atomic E-state index is 12.1. The van der Waals surface area contributed by atoms with E-state index in [-0.39, 0.29) is 18.3 Å². The molecular formula is C15H18ClN3OS. The Morgan fingerprint density at radius 1 is 1.33 bits per heavy atom. The van der Waals surface area contributed by atoms with Gasteiger partial charge in [-0.05, 0) is 26.1 Å².